The second kappa shape index (κ2) is 7.43. The summed E-state index contributed by atoms with van der Waals surface area (Å²) in [5.74, 6) is -0.0454. The quantitative estimate of drug-likeness (QED) is 0.634. The fraction of sp³-hybridized carbons (Fsp3) is 0.176. The molecule has 0 bridgehead atoms. The third kappa shape index (κ3) is 3.57. The average Bonchev–Trinajstić information content (AvgIpc) is 3.26. The molecule has 8 heteroatoms. The first kappa shape index (κ1) is 16.4. The normalized spacial score (nSPS) is 15.6. The van der Waals surface area contributed by atoms with Crippen molar-refractivity contribution in [2.75, 3.05) is 13.1 Å². The molecule has 2 heterocycles. The Morgan fingerprint density at radius 2 is 2.00 bits per heavy atom. The molecule has 1 aliphatic rings. The van der Waals surface area contributed by atoms with Gasteiger partial charge in [-0.2, -0.15) is 5.10 Å². The second-order valence-electron chi connectivity index (χ2n) is 5.30. The highest BCUT2D eigenvalue weighted by atomic mass is 16.3. The van der Waals surface area contributed by atoms with Gasteiger partial charge in [0, 0.05) is 6.54 Å². The molecule has 1 fully saturated rings. The van der Waals surface area contributed by atoms with Crippen LogP contribution in [0, 0.1) is 0 Å². The molecule has 1 aromatic heterocycles. The zero-order chi connectivity index (χ0) is 17.6. The number of urea groups is 1. The molecule has 1 aromatic carbocycles. The Morgan fingerprint density at radius 1 is 1.20 bits per heavy atom. The summed E-state index contributed by atoms with van der Waals surface area (Å²) >= 11 is 0. The standard InChI is InChI=1S/C17H16N4O4/c22-12-18-16(23)15(13-5-2-1-3-6-13)20-8-9-21(17(20)24)19-11-14-7-4-10-25-14/h1-7,10-12,15H,8-9H2,(H,18,22,23). The van der Waals surface area contributed by atoms with Crippen molar-refractivity contribution in [1.29, 1.82) is 0 Å². The number of carbonyl (C=O) groups excluding carboxylic acids is 3. The van der Waals surface area contributed by atoms with Crippen LogP contribution in [0.5, 0.6) is 0 Å². The molecule has 2 aromatic rings. The maximum atomic E-state index is 12.6. The molecule has 1 saturated heterocycles. The largest absolute Gasteiger partial charge is 0.463 e. The van der Waals surface area contributed by atoms with E-state index in [1.165, 1.54) is 22.4 Å². The molecule has 0 spiro atoms. The molecule has 1 atom stereocenters. The smallest absolute Gasteiger partial charge is 0.341 e. The molecule has 0 aliphatic carbocycles. The third-order valence-corrected chi connectivity index (χ3v) is 3.76. The molecule has 1 N–H and O–H groups in total. The van der Waals surface area contributed by atoms with E-state index in [-0.39, 0.29) is 0 Å². The molecular weight excluding hydrogens is 324 g/mol. The Kier molecular flexibility index (Phi) is 4.89. The highest BCUT2D eigenvalue weighted by molar-refractivity contribution is 5.94. The minimum atomic E-state index is -0.900. The van der Waals surface area contributed by atoms with E-state index in [9.17, 15) is 14.4 Å². The van der Waals surface area contributed by atoms with E-state index in [0.717, 1.165) is 0 Å². The van der Waals surface area contributed by atoms with Gasteiger partial charge in [0.15, 0.2) is 0 Å². The summed E-state index contributed by atoms with van der Waals surface area (Å²) in [7, 11) is 0. The number of hydrogen-bond donors (Lipinski definition) is 1. The Bertz CT molecular complexity index is 773. The molecule has 1 aliphatic heterocycles. The highest BCUT2D eigenvalue weighted by Gasteiger charge is 2.38. The first-order valence-electron chi connectivity index (χ1n) is 7.65. The van der Waals surface area contributed by atoms with Crippen LogP contribution in [0.1, 0.15) is 17.4 Å². The van der Waals surface area contributed by atoms with Crippen molar-refractivity contribution < 1.29 is 18.8 Å². The van der Waals surface area contributed by atoms with Crippen molar-refractivity contribution in [3.8, 4) is 0 Å². The van der Waals surface area contributed by atoms with Gasteiger partial charge in [-0.25, -0.2) is 9.80 Å². The van der Waals surface area contributed by atoms with Crippen LogP contribution in [0.25, 0.3) is 0 Å². The van der Waals surface area contributed by atoms with E-state index in [1.54, 1.807) is 36.4 Å². The zero-order valence-electron chi connectivity index (χ0n) is 13.2. The lowest BCUT2D eigenvalue weighted by molar-refractivity contribution is -0.128. The van der Waals surface area contributed by atoms with E-state index >= 15 is 0 Å². The van der Waals surface area contributed by atoms with E-state index in [2.05, 4.69) is 10.4 Å². The van der Waals surface area contributed by atoms with Crippen molar-refractivity contribution in [3.63, 3.8) is 0 Å². The Morgan fingerprint density at radius 3 is 2.68 bits per heavy atom. The molecule has 3 rings (SSSR count). The SMILES string of the molecule is O=CNC(=O)C(c1ccccc1)N1CCN(N=Cc2ccco2)C1=O. The van der Waals surface area contributed by atoms with Gasteiger partial charge in [-0.1, -0.05) is 30.3 Å². The Balaban J connectivity index is 1.81. The lowest BCUT2D eigenvalue weighted by atomic mass is 10.1. The van der Waals surface area contributed by atoms with Crippen molar-refractivity contribution in [1.82, 2.24) is 15.2 Å². The predicted molar refractivity (Wildman–Crippen MR) is 88.5 cm³/mol. The van der Waals surface area contributed by atoms with Gasteiger partial charge in [-0.05, 0) is 17.7 Å². The number of imide groups is 1. The zero-order valence-corrected chi connectivity index (χ0v) is 13.2. The van der Waals surface area contributed by atoms with Crippen LogP contribution in [0.3, 0.4) is 0 Å². The summed E-state index contributed by atoms with van der Waals surface area (Å²) in [5.41, 5.74) is 0.618. The van der Waals surface area contributed by atoms with E-state index < -0.39 is 18.0 Å². The van der Waals surface area contributed by atoms with Crippen LogP contribution in [0.15, 0.2) is 58.2 Å². The van der Waals surface area contributed by atoms with Crippen molar-refractivity contribution in [3.05, 3.63) is 60.1 Å². The Labute approximate surface area is 143 Å². The fourth-order valence-electron chi connectivity index (χ4n) is 2.63. The van der Waals surface area contributed by atoms with Crippen LogP contribution in [0.4, 0.5) is 4.79 Å². The van der Waals surface area contributed by atoms with Gasteiger partial charge in [0.05, 0.1) is 19.0 Å². The highest BCUT2D eigenvalue weighted by Crippen LogP contribution is 2.25. The van der Waals surface area contributed by atoms with Gasteiger partial charge in [0.2, 0.25) is 6.41 Å². The van der Waals surface area contributed by atoms with Gasteiger partial charge in [0.25, 0.3) is 5.91 Å². The second-order valence-corrected chi connectivity index (χ2v) is 5.30. The monoisotopic (exact) mass is 340 g/mol. The summed E-state index contributed by atoms with van der Waals surface area (Å²) in [6, 6.07) is 10.9. The number of carbonyl (C=O) groups is 3. The van der Waals surface area contributed by atoms with Crippen LogP contribution in [-0.2, 0) is 9.59 Å². The van der Waals surface area contributed by atoms with Gasteiger partial charge in [-0.3, -0.25) is 14.9 Å². The molecule has 4 amide bonds. The maximum absolute atomic E-state index is 12.6. The number of nitrogens with zero attached hydrogens (tertiary/aromatic N) is 3. The molecule has 0 radical (unpaired) electrons. The van der Waals surface area contributed by atoms with Crippen LogP contribution < -0.4 is 5.32 Å². The lowest BCUT2D eigenvalue weighted by Crippen LogP contribution is -2.42. The number of furan rings is 1. The summed E-state index contributed by atoms with van der Waals surface area (Å²) in [4.78, 5) is 37.0. The van der Waals surface area contributed by atoms with Gasteiger partial charge in [0.1, 0.15) is 11.8 Å². The summed E-state index contributed by atoms with van der Waals surface area (Å²) < 4.78 is 5.14. The number of nitrogens with one attached hydrogen (secondary N) is 1. The van der Waals surface area contributed by atoms with Crippen LogP contribution in [0.2, 0.25) is 0 Å². The first-order valence-corrected chi connectivity index (χ1v) is 7.65. The first-order chi connectivity index (χ1) is 12.2. The van der Waals surface area contributed by atoms with Gasteiger partial charge in [-0.15, -0.1) is 0 Å². The number of hydrazone groups is 1. The van der Waals surface area contributed by atoms with E-state index in [1.807, 2.05) is 6.07 Å². The topological polar surface area (TPSA) is 95.2 Å². The van der Waals surface area contributed by atoms with Crippen LogP contribution in [-0.4, -0.2) is 47.6 Å². The predicted octanol–water partition coefficient (Wildman–Crippen LogP) is 1.36. The minimum absolute atomic E-state index is 0.306. The van der Waals surface area contributed by atoms with E-state index in [4.69, 9.17) is 4.42 Å². The molecule has 1 unspecified atom stereocenters. The molecule has 128 valence electrons. The van der Waals surface area contributed by atoms with Crippen molar-refractivity contribution in [2.45, 2.75) is 6.04 Å². The molecule has 0 saturated carbocycles. The molecule has 25 heavy (non-hydrogen) atoms. The summed E-state index contributed by atoms with van der Waals surface area (Å²) in [6.45, 7) is 0.633. The van der Waals surface area contributed by atoms with E-state index in [0.29, 0.717) is 30.8 Å². The maximum Gasteiger partial charge on any atom is 0.341 e. The molecule has 8 nitrogen and oxygen atoms in total. The Hall–Kier alpha value is -3.42. The fourth-order valence-corrected chi connectivity index (χ4v) is 2.63. The third-order valence-electron chi connectivity index (χ3n) is 3.76. The number of hydrogen-bond acceptors (Lipinski definition) is 5. The average molecular weight is 340 g/mol. The summed E-state index contributed by atoms with van der Waals surface area (Å²) in [5, 5.41) is 7.48. The minimum Gasteiger partial charge on any atom is -0.463 e. The molecular formula is C17H16N4O4. The van der Waals surface area contributed by atoms with Gasteiger partial charge >= 0.3 is 6.03 Å². The van der Waals surface area contributed by atoms with Crippen molar-refractivity contribution >= 4 is 24.6 Å². The van der Waals surface area contributed by atoms with Gasteiger partial charge < -0.3 is 9.32 Å². The van der Waals surface area contributed by atoms with Crippen LogP contribution >= 0.6 is 0 Å². The number of rotatable bonds is 6. The number of benzene rings is 1. The lowest BCUT2D eigenvalue weighted by Gasteiger charge is -2.25. The number of amides is 4. The summed E-state index contributed by atoms with van der Waals surface area (Å²) in [6.07, 6.45) is 3.25. The van der Waals surface area contributed by atoms with Crippen molar-refractivity contribution in [2.24, 2.45) is 5.10 Å².